The van der Waals surface area contributed by atoms with E-state index in [1.807, 2.05) is 55.5 Å². The number of carbonyl (C=O) groups excluding carboxylic acids is 2. The monoisotopic (exact) mass is 335 g/mol. The van der Waals surface area contributed by atoms with Crippen molar-refractivity contribution < 1.29 is 9.59 Å². The molecule has 0 bridgehead atoms. The summed E-state index contributed by atoms with van der Waals surface area (Å²) in [5.74, 6) is -0.371. The number of amides is 2. The van der Waals surface area contributed by atoms with Crippen molar-refractivity contribution >= 4 is 28.9 Å². The number of hydrazone groups is 1. The van der Waals surface area contributed by atoms with Crippen LogP contribution >= 0.6 is 0 Å². The molecule has 5 heteroatoms. The summed E-state index contributed by atoms with van der Waals surface area (Å²) in [4.78, 5) is 24.7. The predicted octanol–water partition coefficient (Wildman–Crippen LogP) is 3.68. The van der Waals surface area contributed by atoms with Crippen LogP contribution in [-0.4, -0.2) is 17.5 Å². The highest BCUT2D eigenvalue weighted by Crippen LogP contribution is 2.21. The minimum atomic E-state index is -0.269. The van der Waals surface area contributed by atoms with Gasteiger partial charge in [0.2, 0.25) is 5.91 Å². The Morgan fingerprint density at radius 2 is 1.92 bits per heavy atom. The zero-order valence-electron chi connectivity index (χ0n) is 14.5. The molecule has 0 atom stereocenters. The van der Waals surface area contributed by atoms with E-state index in [2.05, 4.69) is 17.3 Å². The molecule has 1 aliphatic heterocycles. The molecule has 0 unspecified atom stereocenters. The first-order valence-electron chi connectivity index (χ1n) is 8.44. The first kappa shape index (κ1) is 16.9. The average Bonchev–Trinajstić information content (AvgIpc) is 2.62. The van der Waals surface area contributed by atoms with E-state index in [1.165, 1.54) is 10.6 Å². The topological polar surface area (TPSA) is 61.8 Å². The van der Waals surface area contributed by atoms with E-state index in [0.29, 0.717) is 17.8 Å². The summed E-state index contributed by atoms with van der Waals surface area (Å²) in [7, 11) is 0. The molecule has 128 valence electrons. The molecule has 2 aromatic rings. The molecule has 3 rings (SSSR count). The third-order valence-electron chi connectivity index (χ3n) is 4.16. The molecule has 0 saturated carbocycles. The summed E-state index contributed by atoms with van der Waals surface area (Å²) < 4.78 is 0. The van der Waals surface area contributed by atoms with Gasteiger partial charge >= 0.3 is 0 Å². The average molecular weight is 335 g/mol. The third kappa shape index (κ3) is 3.94. The SMILES string of the molecule is CCc1ccc(NC(=O)C2=NN(c3cccc(C)c3)C(=O)CC2)cc1. The van der Waals surface area contributed by atoms with Crippen LogP contribution in [0.15, 0.2) is 53.6 Å². The zero-order chi connectivity index (χ0) is 17.8. The van der Waals surface area contributed by atoms with E-state index in [0.717, 1.165) is 17.7 Å². The Hall–Kier alpha value is -2.95. The van der Waals surface area contributed by atoms with Gasteiger partial charge in [-0.05, 0) is 48.7 Å². The van der Waals surface area contributed by atoms with Gasteiger partial charge in [-0.2, -0.15) is 5.10 Å². The standard InChI is InChI=1S/C20H21N3O2/c1-3-15-7-9-16(10-8-15)21-20(25)18-11-12-19(24)23(22-18)17-6-4-5-14(2)13-17/h4-10,13H,3,11-12H2,1-2H3,(H,21,25). The number of nitrogens with one attached hydrogen (secondary N) is 1. The number of hydrogen-bond donors (Lipinski definition) is 1. The largest absolute Gasteiger partial charge is 0.321 e. The molecule has 0 radical (unpaired) electrons. The highest BCUT2D eigenvalue weighted by Gasteiger charge is 2.25. The Morgan fingerprint density at radius 3 is 2.60 bits per heavy atom. The van der Waals surface area contributed by atoms with E-state index in [-0.39, 0.29) is 18.2 Å². The van der Waals surface area contributed by atoms with E-state index in [1.54, 1.807) is 0 Å². The molecule has 0 aliphatic carbocycles. The lowest BCUT2D eigenvalue weighted by molar-refractivity contribution is -0.118. The molecular formula is C20H21N3O2. The summed E-state index contributed by atoms with van der Waals surface area (Å²) in [5.41, 5.74) is 4.02. The summed E-state index contributed by atoms with van der Waals surface area (Å²) in [6.07, 6.45) is 1.57. The molecule has 2 amide bonds. The van der Waals surface area contributed by atoms with Crippen molar-refractivity contribution in [3.63, 3.8) is 0 Å². The van der Waals surface area contributed by atoms with Crippen LogP contribution in [0.1, 0.15) is 30.9 Å². The van der Waals surface area contributed by atoms with Gasteiger partial charge in [0.25, 0.3) is 5.91 Å². The van der Waals surface area contributed by atoms with Crippen LogP contribution in [0.3, 0.4) is 0 Å². The number of aryl methyl sites for hydroxylation is 2. The first-order chi connectivity index (χ1) is 12.1. The van der Waals surface area contributed by atoms with Crippen LogP contribution in [-0.2, 0) is 16.0 Å². The summed E-state index contributed by atoms with van der Waals surface area (Å²) >= 11 is 0. The second-order valence-electron chi connectivity index (χ2n) is 6.10. The molecule has 2 aromatic carbocycles. The van der Waals surface area contributed by atoms with Crippen LogP contribution in [0.5, 0.6) is 0 Å². The van der Waals surface area contributed by atoms with Gasteiger partial charge < -0.3 is 5.32 Å². The zero-order valence-corrected chi connectivity index (χ0v) is 14.5. The number of hydrogen-bond acceptors (Lipinski definition) is 3. The summed E-state index contributed by atoms with van der Waals surface area (Å²) in [5, 5.41) is 8.47. The van der Waals surface area contributed by atoms with E-state index < -0.39 is 0 Å². The van der Waals surface area contributed by atoms with Crippen molar-refractivity contribution in [2.75, 3.05) is 10.3 Å². The van der Waals surface area contributed by atoms with Gasteiger partial charge in [-0.15, -0.1) is 0 Å². The predicted molar refractivity (Wildman–Crippen MR) is 99.8 cm³/mol. The van der Waals surface area contributed by atoms with Gasteiger partial charge in [-0.25, -0.2) is 5.01 Å². The highest BCUT2D eigenvalue weighted by molar-refractivity contribution is 6.44. The summed E-state index contributed by atoms with van der Waals surface area (Å²) in [6, 6.07) is 15.3. The lowest BCUT2D eigenvalue weighted by Gasteiger charge is -2.23. The molecule has 1 aliphatic rings. The van der Waals surface area contributed by atoms with Gasteiger partial charge in [0.05, 0.1) is 5.69 Å². The maximum Gasteiger partial charge on any atom is 0.271 e. The Balaban J connectivity index is 1.79. The van der Waals surface area contributed by atoms with Crippen LogP contribution in [0.2, 0.25) is 0 Å². The Kier molecular flexibility index (Phi) is 4.93. The minimum absolute atomic E-state index is 0.102. The maximum absolute atomic E-state index is 12.5. The van der Waals surface area contributed by atoms with Gasteiger partial charge in [0.15, 0.2) is 0 Å². The van der Waals surface area contributed by atoms with Crippen LogP contribution in [0, 0.1) is 6.92 Å². The van der Waals surface area contributed by atoms with Crippen molar-refractivity contribution in [2.24, 2.45) is 5.10 Å². The molecule has 1 N–H and O–H groups in total. The number of benzene rings is 2. The molecule has 25 heavy (non-hydrogen) atoms. The Labute approximate surface area is 147 Å². The fourth-order valence-electron chi connectivity index (χ4n) is 2.71. The first-order valence-corrected chi connectivity index (χ1v) is 8.44. The maximum atomic E-state index is 12.5. The molecule has 0 saturated heterocycles. The van der Waals surface area contributed by atoms with Crippen molar-refractivity contribution in [1.29, 1.82) is 0 Å². The van der Waals surface area contributed by atoms with Gasteiger partial charge in [0.1, 0.15) is 5.71 Å². The van der Waals surface area contributed by atoms with E-state index in [4.69, 9.17) is 0 Å². The minimum Gasteiger partial charge on any atom is -0.321 e. The van der Waals surface area contributed by atoms with Crippen molar-refractivity contribution in [3.05, 3.63) is 59.7 Å². The number of nitrogens with zero attached hydrogens (tertiary/aromatic N) is 2. The van der Waals surface area contributed by atoms with E-state index >= 15 is 0 Å². The number of rotatable bonds is 4. The highest BCUT2D eigenvalue weighted by atomic mass is 16.2. The van der Waals surface area contributed by atoms with Crippen LogP contribution < -0.4 is 10.3 Å². The van der Waals surface area contributed by atoms with E-state index in [9.17, 15) is 9.59 Å². The number of carbonyl (C=O) groups is 2. The molecule has 0 spiro atoms. The Bertz CT molecular complexity index is 825. The van der Waals surface area contributed by atoms with Crippen molar-refractivity contribution in [1.82, 2.24) is 0 Å². The van der Waals surface area contributed by atoms with Crippen LogP contribution in [0.25, 0.3) is 0 Å². The smallest absolute Gasteiger partial charge is 0.271 e. The van der Waals surface area contributed by atoms with Gasteiger partial charge in [-0.3, -0.25) is 9.59 Å². The molecular weight excluding hydrogens is 314 g/mol. The molecule has 5 nitrogen and oxygen atoms in total. The lowest BCUT2D eigenvalue weighted by Crippen LogP contribution is -2.36. The quantitative estimate of drug-likeness (QED) is 0.926. The van der Waals surface area contributed by atoms with Gasteiger partial charge in [-0.1, -0.05) is 31.2 Å². The molecule has 0 aromatic heterocycles. The third-order valence-corrected chi connectivity index (χ3v) is 4.16. The second kappa shape index (κ2) is 7.30. The Morgan fingerprint density at radius 1 is 1.16 bits per heavy atom. The lowest BCUT2D eigenvalue weighted by atomic mass is 10.1. The summed E-state index contributed by atoms with van der Waals surface area (Å²) in [6.45, 7) is 4.04. The van der Waals surface area contributed by atoms with Crippen LogP contribution in [0.4, 0.5) is 11.4 Å². The normalized spacial score (nSPS) is 14.2. The fourth-order valence-corrected chi connectivity index (χ4v) is 2.71. The molecule has 1 heterocycles. The molecule has 0 fully saturated rings. The van der Waals surface area contributed by atoms with Crippen molar-refractivity contribution in [2.45, 2.75) is 33.1 Å². The van der Waals surface area contributed by atoms with Gasteiger partial charge in [0, 0.05) is 18.5 Å². The second-order valence-corrected chi connectivity index (χ2v) is 6.10. The number of anilines is 2. The van der Waals surface area contributed by atoms with Crippen molar-refractivity contribution in [3.8, 4) is 0 Å². The fraction of sp³-hybridized carbons (Fsp3) is 0.250.